The predicted octanol–water partition coefficient (Wildman–Crippen LogP) is 7.17. The molecular weight excluding hydrogens is 438 g/mol. The molecule has 0 amide bonds. The lowest BCUT2D eigenvalue weighted by atomic mass is 10.2. The Morgan fingerprint density at radius 3 is 1.33 bits per heavy atom. The van der Waals surface area contributed by atoms with Crippen LogP contribution in [0.15, 0.2) is 136 Å². The number of rotatable bonds is 6. The van der Waals surface area contributed by atoms with Crippen LogP contribution < -0.4 is 0 Å². The van der Waals surface area contributed by atoms with Gasteiger partial charge in [-0.3, -0.25) is 0 Å². The minimum Gasteiger partial charge on any atom is -0.456 e. The molecule has 4 aromatic rings. The van der Waals surface area contributed by atoms with Crippen molar-refractivity contribution in [1.29, 1.82) is 0 Å². The van der Waals surface area contributed by atoms with Crippen LogP contribution in [0.25, 0.3) is 0 Å². The number of carbonyl (C=O) groups excluding carboxylic acids is 1. The molecule has 0 aromatic heterocycles. The number of ether oxygens (including phenoxy) is 1. The van der Waals surface area contributed by atoms with Crippen LogP contribution in [0.4, 0.5) is 8.78 Å². The number of hydrogen-bond acceptors (Lipinski definition) is 2. The maximum atomic E-state index is 12.3. The van der Waals surface area contributed by atoms with Crippen molar-refractivity contribution in [2.45, 2.75) is 34.1 Å². The van der Waals surface area contributed by atoms with Gasteiger partial charge in [0.2, 0.25) is 0 Å². The highest BCUT2D eigenvalue weighted by molar-refractivity contribution is 7.97. The van der Waals surface area contributed by atoms with Crippen LogP contribution in [0.1, 0.15) is 12.5 Å². The third-order valence-electron chi connectivity index (χ3n) is 4.51. The minimum absolute atomic E-state index is 0.0146. The second-order valence-electron chi connectivity index (χ2n) is 7.20. The number of halogens is 2. The van der Waals surface area contributed by atoms with Crippen molar-refractivity contribution in [2.75, 3.05) is 0 Å². The summed E-state index contributed by atoms with van der Waals surface area (Å²) in [4.78, 5) is 14.7. The highest BCUT2D eigenvalue weighted by Crippen LogP contribution is 2.30. The summed E-state index contributed by atoms with van der Waals surface area (Å²) in [6, 6.07) is 40.8. The molecule has 0 radical (unpaired) electrons. The Morgan fingerprint density at radius 1 is 0.667 bits per heavy atom. The first-order valence-corrected chi connectivity index (χ1v) is 11.7. The molecule has 168 valence electrons. The Labute approximate surface area is 196 Å². The largest absolute Gasteiger partial charge is 0.456 e. The first kappa shape index (κ1) is 24.2. The number of hydrogen-bond donors (Lipinski definition) is 0. The van der Waals surface area contributed by atoms with E-state index in [9.17, 15) is 13.6 Å². The molecule has 2 nitrogen and oxygen atoms in total. The third kappa shape index (κ3) is 7.58. The zero-order chi connectivity index (χ0) is 23.5. The van der Waals surface area contributed by atoms with Gasteiger partial charge in [-0.2, -0.15) is 8.78 Å². The van der Waals surface area contributed by atoms with Crippen LogP contribution in [0, 0.1) is 0 Å². The van der Waals surface area contributed by atoms with Gasteiger partial charge in [-0.15, -0.1) is 0 Å². The molecule has 0 aliphatic heterocycles. The van der Waals surface area contributed by atoms with Crippen LogP contribution in [-0.2, 0) is 27.0 Å². The summed E-state index contributed by atoms with van der Waals surface area (Å²) >= 11 is 0. The van der Waals surface area contributed by atoms with Crippen molar-refractivity contribution >= 4 is 16.9 Å². The van der Waals surface area contributed by atoms with Gasteiger partial charge in [0.1, 0.15) is 6.61 Å². The number of esters is 1. The third-order valence-corrected chi connectivity index (χ3v) is 6.74. The molecule has 0 unspecified atom stereocenters. The smallest absolute Gasteiger partial charge is 0.376 e. The van der Waals surface area contributed by atoms with Crippen molar-refractivity contribution < 1.29 is 18.3 Å². The molecule has 33 heavy (non-hydrogen) atoms. The maximum absolute atomic E-state index is 12.3. The normalized spacial score (nSPS) is 10.8. The average molecular weight is 464 g/mol. The Morgan fingerprint density at radius 2 is 1.00 bits per heavy atom. The summed E-state index contributed by atoms with van der Waals surface area (Å²) in [7, 11) is -0.0146. The number of benzene rings is 4. The molecule has 0 saturated carbocycles. The van der Waals surface area contributed by atoms with Gasteiger partial charge in [-0.25, -0.2) is 4.79 Å². The quantitative estimate of drug-likeness (QED) is 0.224. The van der Waals surface area contributed by atoms with Crippen LogP contribution in [0.2, 0.25) is 0 Å². The molecule has 0 aliphatic rings. The molecule has 4 rings (SSSR count). The molecule has 5 heteroatoms. The van der Waals surface area contributed by atoms with Crippen LogP contribution >= 0.6 is 0 Å². The summed E-state index contributed by atoms with van der Waals surface area (Å²) < 4.78 is 29.1. The highest BCUT2D eigenvalue weighted by atomic mass is 32.2. The van der Waals surface area contributed by atoms with E-state index >= 15 is 0 Å². The Kier molecular flexibility index (Phi) is 8.79. The van der Waals surface area contributed by atoms with Gasteiger partial charge in [0.25, 0.3) is 0 Å². The van der Waals surface area contributed by atoms with Gasteiger partial charge in [0.05, 0.1) is 10.9 Å². The van der Waals surface area contributed by atoms with Crippen LogP contribution in [0.3, 0.4) is 0 Å². The van der Waals surface area contributed by atoms with E-state index in [1.165, 1.54) is 14.7 Å². The molecule has 0 atom stereocenters. The Bertz CT molecular complexity index is 1010. The summed E-state index contributed by atoms with van der Waals surface area (Å²) in [5, 5.41) is 0. The molecule has 0 fully saturated rings. The van der Waals surface area contributed by atoms with E-state index in [4.69, 9.17) is 0 Å². The lowest BCUT2D eigenvalue weighted by Gasteiger charge is -2.09. The molecule has 0 saturated heterocycles. The first-order valence-electron chi connectivity index (χ1n) is 10.4. The second-order valence-corrected chi connectivity index (χ2v) is 9.22. The van der Waals surface area contributed by atoms with E-state index in [-0.39, 0.29) is 17.5 Å². The van der Waals surface area contributed by atoms with Gasteiger partial charge in [0, 0.05) is 6.92 Å². The zero-order valence-corrected chi connectivity index (χ0v) is 19.1. The predicted molar refractivity (Wildman–Crippen MR) is 128 cm³/mol. The topological polar surface area (TPSA) is 26.3 Å². The molecule has 0 N–H and O–H groups in total. The van der Waals surface area contributed by atoms with Gasteiger partial charge in [-0.1, -0.05) is 84.9 Å². The van der Waals surface area contributed by atoms with E-state index < -0.39 is 11.9 Å². The number of alkyl halides is 2. The molecule has 0 bridgehead atoms. The fraction of sp³-hybridized carbons (Fsp3) is 0.107. The first-order chi connectivity index (χ1) is 15.9. The molecule has 0 spiro atoms. The molecule has 0 heterocycles. The van der Waals surface area contributed by atoms with Crippen molar-refractivity contribution in [2.24, 2.45) is 0 Å². The van der Waals surface area contributed by atoms with Crippen molar-refractivity contribution in [3.05, 3.63) is 127 Å². The highest BCUT2D eigenvalue weighted by Gasteiger charge is 2.34. The Balaban J connectivity index is 0.000000196. The summed E-state index contributed by atoms with van der Waals surface area (Å²) in [5.74, 6) is -4.92. The molecule has 4 aromatic carbocycles. The summed E-state index contributed by atoms with van der Waals surface area (Å²) in [6.07, 6.45) is 0. The van der Waals surface area contributed by atoms with E-state index in [1.807, 2.05) is 0 Å². The Hall–Kier alpha value is -3.44. The van der Waals surface area contributed by atoms with Crippen LogP contribution in [0.5, 0.6) is 0 Å². The summed E-state index contributed by atoms with van der Waals surface area (Å²) in [6.45, 7) is 0.392. The van der Waals surface area contributed by atoms with Crippen molar-refractivity contribution in [3.8, 4) is 0 Å². The van der Waals surface area contributed by atoms with Gasteiger partial charge >= 0.3 is 11.9 Å². The second kappa shape index (κ2) is 12.0. The lowest BCUT2D eigenvalue weighted by molar-refractivity contribution is -0.170. The van der Waals surface area contributed by atoms with E-state index in [2.05, 4.69) is 95.7 Å². The SMILES string of the molecule is CC(F)(F)C(=O)OCc1ccccc1.c1ccc([S+](c2ccccc2)c2ccccc2)cc1. The van der Waals surface area contributed by atoms with Crippen LogP contribution in [-0.4, -0.2) is 11.9 Å². The van der Waals surface area contributed by atoms with E-state index in [0.717, 1.165) is 0 Å². The van der Waals surface area contributed by atoms with E-state index in [1.54, 1.807) is 30.3 Å². The standard InChI is InChI=1S/C18H15S.C10H10F2O2/c1-4-10-16(11-5-1)19(17-12-6-2-7-13-17)18-14-8-3-9-15-18;1-10(11,12)9(13)14-7-8-5-3-2-4-6-8/h1-15H;2-6H,7H2,1H3/q+1;. The van der Waals surface area contributed by atoms with Crippen molar-refractivity contribution in [1.82, 2.24) is 0 Å². The van der Waals surface area contributed by atoms with Crippen molar-refractivity contribution in [3.63, 3.8) is 0 Å². The average Bonchev–Trinajstić information content (AvgIpc) is 2.85. The summed E-state index contributed by atoms with van der Waals surface area (Å²) in [5.41, 5.74) is 0.685. The number of carbonyl (C=O) groups is 1. The minimum atomic E-state index is -3.42. The van der Waals surface area contributed by atoms with Gasteiger partial charge < -0.3 is 4.74 Å². The lowest BCUT2D eigenvalue weighted by Crippen LogP contribution is -2.26. The van der Waals surface area contributed by atoms with E-state index in [0.29, 0.717) is 12.5 Å². The molecular formula is C28H25F2O2S+. The van der Waals surface area contributed by atoms with Gasteiger partial charge in [-0.05, 0) is 42.0 Å². The fourth-order valence-corrected chi connectivity index (χ4v) is 5.03. The molecule has 0 aliphatic carbocycles. The van der Waals surface area contributed by atoms with Gasteiger partial charge in [0.15, 0.2) is 14.7 Å². The maximum Gasteiger partial charge on any atom is 0.376 e. The monoisotopic (exact) mass is 463 g/mol. The zero-order valence-electron chi connectivity index (χ0n) is 18.2. The fourth-order valence-electron chi connectivity index (χ4n) is 2.93.